The molecule has 0 spiro atoms. The van der Waals surface area contributed by atoms with Crippen LogP contribution in [0, 0.1) is 5.82 Å². The predicted octanol–water partition coefficient (Wildman–Crippen LogP) is 4.34. The van der Waals surface area contributed by atoms with Crippen LogP contribution in [-0.2, 0) is 6.61 Å². The van der Waals surface area contributed by atoms with E-state index in [1.807, 2.05) is 24.3 Å². The summed E-state index contributed by atoms with van der Waals surface area (Å²) in [7, 11) is 1.58. The number of hydrogen-bond acceptors (Lipinski definition) is 6. The molecule has 2 N–H and O–H groups in total. The van der Waals surface area contributed by atoms with Crippen LogP contribution < -0.4 is 20.1 Å². The van der Waals surface area contributed by atoms with Gasteiger partial charge in [-0.15, -0.1) is 11.3 Å². The van der Waals surface area contributed by atoms with E-state index in [4.69, 9.17) is 9.47 Å². The monoisotopic (exact) mass is 483 g/mol. The molecule has 1 saturated carbocycles. The highest BCUT2D eigenvalue weighted by Crippen LogP contribution is 2.27. The molecule has 34 heavy (non-hydrogen) atoms. The second kappa shape index (κ2) is 11.1. The van der Waals surface area contributed by atoms with E-state index in [-0.39, 0.29) is 36.3 Å². The molecule has 7 nitrogen and oxygen atoms in total. The van der Waals surface area contributed by atoms with Crippen LogP contribution in [0.5, 0.6) is 11.5 Å². The third-order valence-corrected chi connectivity index (χ3v) is 6.53. The molecule has 1 heterocycles. The molecule has 1 aliphatic carbocycles. The number of rotatable bonds is 8. The topological polar surface area (TPSA) is 89.6 Å². The molecule has 3 aromatic rings. The first-order valence-corrected chi connectivity index (χ1v) is 12.0. The van der Waals surface area contributed by atoms with Crippen LogP contribution in [0.15, 0.2) is 53.9 Å². The summed E-state index contributed by atoms with van der Waals surface area (Å²) in [6.45, 7) is 0.247. The number of amides is 2. The van der Waals surface area contributed by atoms with E-state index in [1.165, 1.54) is 35.6 Å². The molecule has 0 bridgehead atoms. The molecule has 178 valence electrons. The van der Waals surface area contributed by atoms with Crippen LogP contribution in [0.3, 0.4) is 0 Å². The van der Waals surface area contributed by atoms with Crippen molar-refractivity contribution in [1.29, 1.82) is 0 Å². The van der Waals surface area contributed by atoms with Crippen molar-refractivity contribution >= 4 is 23.2 Å². The molecule has 1 aliphatic rings. The number of methoxy groups -OCH3 is 1. The van der Waals surface area contributed by atoms with Gasteiger partial charge in [-0.3, -0.25) is 9.59 Å². The minimum absolute atomic E-state index is 0.0291. The first-order chi connectivity index (χ1) is 16.5. The second-order valence-electron chi connectivity index (χ2n) is 8.07. The van der Waals surface area contributed by atoms with E-state index in [0.29, 0.717) is 27.8 Å². The van der Waals surface area contributed by atoms with Gasteiger partial charge in [-0.2, -0.15) is 0 Å². The Morgan fingerprint density at radius 1 is 0.971 bits per heavy atom. The molecule has 1 aromatic heterocycles. The molecule has 2 aromatic carbocycles. The highest BCUT2D eigenvalue weighted by Gasteiger charge is 2.25. The maximum Gasteiger partial charge on any atom is 0.270 e. The number of carbonyl (C=O) groups excluding carboxylic acids is 2. The van der Waals surface area contributed by atoms with Crippen molar-refractivity contribution in [2.45, 2.75) is 44.4 Å². The second-order valence-corrected chi connectivity index (χ2v) is 9.01. The maximum absolute atomic E-state index is 13.0. The van der Waals surface area contributed by atoms with Crippen LogP contribution >= 0.6 is 11.3 Å². The minimum atomic E-state index is -0.371. The van der Waals surface area contributed by atoms with Crippen LogP contribution in [0.2, 0.25) is 0 Å². The number of nitrogens with one attached hydrogen (secondary N) is 2. The molecule has 4 rings (SSSR count). The Bertz CT molecular complexity index is 1130. The summed E-state index contributed by atoms with van der Waals surface area (Å²) in [5, 5.41) is 8.46. The van der Waals surface area contributed by atoms with E-state index in [9.17, 15) is 14.0 Å². The fourth-order valence-electron chi connectivity index (χ4n) is 3.87. The Labute approximate surface area is 201 Å². The highest BCUT2D eigenvalue weighted by molar-refractivity contribution is 7.09. The summed E-state index contributed by atoms with van der Waals surface area (Å²) < 4.78 is 24.1. The smallest absolute Gasteiger partial charge is 0.270 e. The van der Waals surface area contributed by atoms with E-state index in [1.54, 1.807) is 12.5 Å². The lowest BCUT2D eigenvalue weighted by Gasteiger charge is -2.29. The van der Waals surface area contributed by atoms with Crippen molar-refractivity contribution in [1.82, 2.24) is 15.6 Å². The van der Waals surface area contributed by atoms with Gasteiger partial charge in [0, 0.05) is 23.0 Å². The first kappa shape index (κ1) is 23.7. The fraction of sp³-hybridized carbons (Fsp3) is 0.320. The average Bonchev–Trinajstić information content (AvgIpc) is 3.34. The summed E-state index contributed by atoms with van der Waals surface area (Å²) in [4.78, 5) is 29.4. The SMILES string of the molecule is COc1ccccc1OCc1nc(C(=O)NC2CCC(NC(=O)c3ccc(F)cc3)CC2)cs1. The van der Waals surface area contributed by atoms with Crippen molar-refractivity contribution in [3.05, 3.63) is 76.0 Å². The zero-order chi connectivity index (χ0) is 23.9. The predicted molar refractivity (Wildman–Crippen MR) is 127 cm³/mol. The number of thiazole rings is 1. The number of halogens is 1. The van der Waals surface area contributed by atoms with Gasteiger partial charge in [0.2, 0.25) is 0 Å². The normalized spacial score (nSPS) is 17.6. The zero-order valence-corrected chi connectivity index (χ0v) is 19.6. The molecule has 0 atom stereocenters. The van der Waals surface area contributed by atoms with Crippen molar-refractivity contribution in [2.24, 2.45) is 0 Å². The van der Waals surface area contributed by atoms with Gasteiger partial charge in [-0.05, 0) is 62.1 Å². The Balaban J connectivity index is 1.22. The van der Waals surface area contributed by atoms with Gasteiger partial charge in [0.15, 0.2) is 11.5 Å². The van der Waals surface area contributed by atoms with Crippen molar-refractivity contribution in [3.63, 3.8) is 0 Å². The Morgan fingerprint density at radius 2 is 1.59 bits per heavy atom. The van der Waals surface area contributed by atoms with Gasteiger partial charge >= 0.3 is 0 Å². The zero-order valence-electron chi connectivity index (χ0n) is 18.8. The highest BCUT2D eigenvalue weighted by atomic mass is 32.1. The maximum atomic E-state index is 13.0. The Kier molecular flexibility index (Phi) is 7.74. The molecule has 2 amide bonds. The van der Waals surface area contributed by atoms with Crippen LogP contribution in [0.25, 0.3) is 0 Å². The van der Waals surface area contributed by atoms with Crippen LogP contribution in [0.1, 0.15) is 51.5 Å². The van der Waals surface area contributed by atoms with Gasteiger partial charge in [0.25, 0.3) is 11.8 Å². The number of aromatic nitrogens is 1. The molecular formula is C25H26FN3O4S. The molecule has 0 unspecified atom stereocenters. The standard InChI is InChI=1S/C25H26FN3O4S/c1-32-21-4-2-3-5-22(21)33-14-23-29-20(15-34-23)25(31)28-19-12-10-18(11-13-19)27-24(30)16-6-8-17(26)9-7-16/h2-9,15,18-19H,10-14H2,1H3,(H,27,30)(H,28,31). The van der Waals surface area contributed by atoms with E-state index < -0.39 is 0 Å². The lowest BCUT2D eigenvalue weighted by atomic mass is 9.91. The van der Waals surface area contributed by atoms with Gasteiger partial charge < -0.3 is 20.1 Å². The van der Waals surface area contributed by atoms with Gasteiger partial charge in [0.05, 0.1) is 7.11 Å². The molecule has 0 radical (unpaired) electrons. The number of nitrogens with zero attached hydrogens (tertiary/aromatic N) is 1. The van der Waals surface area contributed by atoms with Gasteiger partial charge in [-0.1, -0.05) is 12.1 Å². The first-order valence-electron chi connectivity index (χ1n) is 11.1. The van der Waals surface area contributed by atoms with Crippen molar-refractivity contribution in [2.75, 3.05) is 7.11 Å². The summed E-state index contributed by atoms with van der Waals surface area (Å²) in [5.41, 5.74) is 0.807. The number of hydrogen-bond donors (Lipinski definition) is 2. The van der Waals surface area contributed by atoms with Crippen molar-refractivity contribution in [3.8, 4) is 11.5 Å². The number of benzene rings is 2. The minimum Gasteiger partial charge on any atom is -0.493 e. The summed E-state index contributed by atoms with van der Waals surface area (Å²) in [5.74, 6) is 0.469. The largest absolute Gasteiger partial charge is 0.493 e. The van der Waals surface area contributed by atoms with E-state index in [0.717, 1.165) is 25.7 Å². The van der Waals surface area contributed by atoms with Gasteiger partial charge in [0.1, 0.15) is 23.1 Å². The quantitative estimate of drug-likeness (QED) is 0.498. The molecule has 0 aliphatic heterocycles. The average molecular weight is 484 g/mol. The van der Waals surface area contributed by atoms with Gasteiger partial charge in [-0.25, -0.2) is 9.37 Å². The number of para-hydroxylation sites is 2. The van der Waals surface area contributed by atoms with Crippen LogP contribution in [0.4, 0.5) is 4.39 Å². The molecule has 9 heteroatoms. The van der Waals surface area contributed by atoms with Crippen molar-refractivity contribution < 1.29 is 23.5 Å². The summed E-state index contributed by atoms with van der Waals surface area (Å²) in [6, 6.07) is 12.9. The number of ether oxygens (including phenoxy) is 2. The third kappa shape index (κ3) is 6.11. The fourth-order valence-corrected chi connectivity index (χ4v) is 4.56. The number of carbonyl (C=O) groups is 2. The summed E-state index contributed by atoms with van der Waals surface area (Å²) in [6.07, 6.45) is 3.03. The molecule has 1 fully saturated rings. The van der Waals surface area contributed by atoms with Crippen LogP contribution in [-0.4, -0.2) is 36.0 Å². The Morgan fingerprint density at radius 3 is 2.24 bits per heavy atom. The summed E-state index contributed by atoms with van der Waals surface area (Å²) >= 11 is 1.37. The lowest BCUT2D eigenvalue weighted by molar-refractivity contribution is 0.0889. The Hall–Kier alpha value is -3.46. The molecule has 0 saturated heterocycles. The van der Waals surface area contributed by atoms with E-state index in [2.05, 4.69) is 15.6 Å². The third-order valence-electron chi connectivity index (χ3n) is 5.71. The van der Waals surface area contributed by atoms with E-state index >= 15 is 0 Å². The molecular weight excluding hydrogens is 457 g/mol. The lowest BCUT2D eigenvalue weighted by Crippen LogP contribution is -2.43.